The molecule has 21 heavy (non-hydrogen) atoms. The lowest BCUT2D eigenvalue weighted by Crippen LogP contribution is -2.33. The van der Waals surface area contributed by atoms with Gasteiger partial charge >= 0.3 is 0 Å². The highest BCUT2D eigenvalue weighted by atomic mass is 32.2. The zero-order valence-electron chi connectivity index (χ0n) is 13.6. The van der Waals surface area contributed by atoms with Crippen molar-refractivity contribution in [3.8, 4) is 0 Å². The Labute approximate surface area is 131 Å². The van der Waals surface area contributed by atoms with Gasteiger partial charge in [0.1, 0.15) is 5.65 Å². The van der Waals surface area contributed by atoms with Crippen LogP contribution in [0.1, 0.15) is 26.5 Å². The molecule has 0 saturated heterocycles. The van der Waals surface area contributed by atoms with Crippen LogP contribution in [0.15, 0.2) is 24.4 Å². The predicted octanol–water partition coefficient (Wildman–Crippen LogP) is 3.02. The van der Waals surface area contributed by atoms with E-state index < -0.39 is 0 Å². The maximum Gasteiger partial charge on any atom is 0.152 e. The molecule has 116 valence electrons. The van der Waals surface area contributed by atoms with E-state index in [1.165, 1.54) is 5.69 Å². The van der Waals surface area contributed by atoms with E-state index in [2.05, 4.69) is 67.0 Å². The summed E-state index contributed by atoms with van der Waals surface area (Å²) in [5, 5.41) is 3.51. The summed E-state index contributed by atoms with van der Waals surface area (Å²) in [6.45, 7) is 7.42. The van der Waals surface area contributed by atoms with Crippen molar-refractivity contribution >= 4 is 23.2 Å². The Balaban J connectivity index is 2.38. The smallest absolute Gasteiger partial charge is 0.152 e. The fourth-order valence-electron chi connectivity index (χ4n) is 2.34. The summed E-state index contributed by atoms with van der Waals surface area (Å²) in [6, 6.07) is 7.08. The van der Waals surface area contributed by atoms with Crippen LogP contribution in [0.25, 0.3) is 5.65 Å². The fourth-order valence-corrected chi connectivity index (χ4v) is 3.05. The van der Waals surface area contributed by atoms with Crippen LogP contribution < -0.4 is 10.2 Å². The summed E-state index contributed by atoms with van der Waals surface area (Å²) in [7, 11) is 2.14. The van der Waals surface area contributed by atoms with Crippen molar-refractivity contribution in [2.45, 2.75) is 39.4 Å². The molecule has 0 amide bonds. The molecule has 0 spiro atoms. The minimum absolute atomic E-state index is 0.459. The highest BCUT2D eigenvalue weighted by Crippen LogP contribution is 2.23. The van der Waals surface area contributed by atoms with Gasteiger partial charge in [-0.2, -0.15) is 11.8 Å². The van der Waals surface area contributed by atoms with E-state index in [0.29, 0.717) is 12.1 Å². The number of aromatic nitrogens is 2. The first-order chi connectivity index (χ1) is 10.0. The lowest BCUT2D eigenvalue weighted by Gasteiger charge is -2.25. The summed E-state index contributed by atoms with van der Waals surface area (Å²) in [6.07, 6.45) is 4.24. The third-order valence-corrected chi connectivity index (χ3v) is 4.50. The number of hydrogen-bond donors (Lipinski definition) is 1. The van der Waals surface area contributed by atoms with Gasteiger partial charge in [-0.15, -0.1) is 0 Å². The van der Waals surface area contributed by atoms with Crippen LogP contribution in [-0.2, 0) is 6.54 Å². The van der Waals surface area contributed by atoms with E-state index in [1.807, 2.05) is 17.8 Å². The Hall–Kier alpha value is -1.20. The molecule has 0 aliphatic rings. The molecular formula is C16H26N4S. The van der Waals surface area contributed by atoms with Crippen LogP contribution in [0, 0.1) is 0 Å². The number of imidazole rings is 1. The standard InChI is InChI=1S/C16H26N4S/c1-12(2)17-10-14-16(19(4)13(3)11-21-5)18-15-8-6-7-9-20(14)15/h6-9,12-13,17H,10-11H2,1-5H3. The van der Waals surface area contributed by atoms with Gasteiger partial charge in [0.2, 0.25) is 0 Å². The normalized spacial score (nSPS) is 13.0. The van der Waals surface area contributed by atoms with E-state index in [9.17, 15) is 0 Å². The fraction of sp³-hybridized carbons (Fsp3) is 0.562. The summed E-state index contributed by atoms with van der Waals surface area (Å²) in [5.74, 6) is 2.18. The quantitative estimate of drug-likeness (QED) is 0.852. The summed E-state index contributed by atoms with van der Waals surface area (Å²) in [5.41, 5.74) is 2.24. The monoisotopic (exact) mass is 306 g/mol. The molecule has 0 aromatic carbocycles. The first kappa shape index (κ1) is 16.2. The van der Waals surface area contributed by atoms with Crippen molar-refractivity contribution in [1.29, 1.82) is 0 Å². The average molecular weight is 306 g/mol. The zero-order valence-corrected chi connectivity index (χ0v) is 14.4. The number of pyridine rings is 1. The topological polar surface area (TPSA) is 32.6 Å². The molecule has 0 aliphatic carbocycles. The number of nitrogens with one attached hydrogen (secondary N) is 1. The lowest BCUT2D eigenvalue weighted by molar-refractivity contribution is 0.577. The number of rotatable bonds is 7. The van der Waals surface area contributed by atoms with E-state index >= 15 is 0 Å². The van der Waals surface area contributed by atoms with Gasteiger partial charge in [0.05, 0.1) is 5.69 Å². The molecule has 0 aliphatic heterocycles. The number of fused-ring (bicyclic) bond motifs is 1. The molecule has 1 atom stereocenters. The van der Waals surface area contributed by atoms with E-state index in [4.69, 9.17) is 4.98 Å². The second-order valence-electron chi connectivity index (χ2n) is 5.76. The Morgan fingerprint density at radius 1 is 1.33 bits per heavy atom. The molecule has 2 aromatic heterocycles. The number of nitrogens with zero attached hydrogens (tertiary/aromatic N) is 3. The summed E-state index contributed by atoms with van der Waals surface area (Å²) < 4.78 is 2.19. The Morgan fingerprint density at radius 2 is 2.10 bits per heavy atom. The molecular weight excluding hydrogens is 280 g/mol. The molecule has 1 unspecified atom stereocenters. The molecule has 0 fully saturated rings. The largest absolute Gasteiger partial charge is 0.355 e. The molecule has 0 bridgehead atoms. The number of hydrogen-bond acceptors (Lipinski definition) is 4. The lowest BCUT2D eigenvalue weighted by atomic mass is 10.3. The molecule has 0 saturated carbocycles. The van der Waals surface area contributed by atoms with E-state index in [-0.39, 0.29) is 0 Å². The van der Waals surface area contributed by atoms with Crippen molar-refractivity contribution in [2.24, 2.45) is 0 Å². The second-order valence-corrected chi connectivity index (χ2v) is 6.67. The third-order valence-electron chi connectivity index (χ3n) is 3.69. The average Bonchev–Trinajstić information content (AvgIpc) is 2.83. The molecule has 4 nitrogen and oxygen atoms in total. The maximum absolute atomic E-state index is 4.83. The van der Waals surface area contributed by atoms with Crippen molar-refractivity contribution < 1.29 is 0 Å². The SMILES string of the molecule is CSCC(C)N(C)c1nc2ccccn2c1CNC(C)C. The molecule has 2 heterocycles. The zero-order chi connectivity index (χ0) is 15.4. The van der Waals surface area contributed by atoms with Crippen LogP contribution in [0.4, 0.5) is 5.82 Å². The van der Waals surface area contributed by atoms with Crippen LogP contribution >= 0.6 is 11.8 Å². The van der Waals surface area contributed by atoms with Crippen LogP contribution in [-0.4, -0.2) is 40.5 Å². The summed E-state index contributed by atoms with van der Waals surface area (Å²) in [4.78, 5) is 7.13. The van der Waals surface area contributed by atoms with Gasteiger partial charge in [-0.05, 0) is 25.3 Å². The second kappa shape index (κ2) is 7.18. The van der Waals surface area contributed by atoms with Crippen molar-refractivity contribution in [2.75, 3.05) is 24.0 Å². The van der Waals surface area contributed by atoms with Crippen LogP contribution in [0.5, 0.6) is 0 Å². The highest BCUT2D eigenvalue weighted by molar-refractivity contribution is 7.98. The Bertz CT molecular complexity index is 579. The van der Waals surface area contributed by atoms with Gasteiger partial charge in [0.25, 0.3) is 0 Å². The van der Waals surface area contributed by atoms with E-state index in [0.717, 1.165) is 23.8 Å². The molecule has 2 aromatic rings. The van der Waals surface area contributed by atoms with Crippen molar-refractivity contribution in [3.63, 3.8) is 0 Å². The maximum atomic E-state index is 4.83. The third kappa shape index (κ3) is 3.71. The van der Waals surface area contributed by atoms with Gasteiger partial charge in [0, 0.05) is 37.6 Å². The van der Waals surface area contributed by atoms with Crippen molar-refractivity contribution in [3.05, 3.63) is 30.1 Å². The molecule has 2 rings (SSSR count). The first-order valence-electron chi connectivity index (χ1n) is 7.45. The van der Waals surface area contributed by atoms with Gasteiger partial charge < -0.3 is 14.6 Å². The highest BCUT2D eigenvalue weighted by Gasteiger charge is 2.19. The summed E-state index contributed by atoms with van der Waals surface area (Å²) >= 11 is 1.87. The minimum Gasteiger partial charge on any atom is -0.355 e. The number of thioether (sulfide) groups is 1. The van der Waals surface area contributed by atoms with Gasteiger partial charge in [-0.25, -0.2) is 4.98 Å². The van der Waals surface area contributed by atoms with Crippen LogP contribution in [0.2, 0.25) is 0 Å². The van der Waals surface area contributed by atoms with Gasteiger partial charge in [-0.1, -0.05) is 19.9 Å². The minimum atomic E-state index is 0.459. The van der Waals surface area contributed by atoms with Crippen LogP contribution in [0.3, 0.4) is 0 Å². The first-order valence-corrected chi connectivity index (χ1v) is 8.85. The molecule has 5 heteroatoms. The van der Waals surface area contributed by atoms with E-state index in [1.54, 1.807) is 0 Å². The Kier molecular flexibility index (Phi) is 5.53. The number of anilines is 1. The van der Waals surface area contributed by atoms with Crippen molar-refractivity contribution in [1.82, 2.24) is 14.7 Å². The van der Waals surface area contributed by atoms with Gasteiger partial charge in [-0.3, -0.25) is 0 Å². The van der Waals surface area contributed by atoms with Gasteiger partial charge in [0.15, 0.2) is 5.82 Å². The molecule has 0 radical (unpaired) electrons. The predicted molar refractivity (Wildman–Crippen MR) is 93.4 cm³/mol. The molecule has 1 N–H and O–H groups in total. The Morgan fingerprint density at radius 3 is 2.76 bits per heavy atom.